The Bertz CT molecular complexity index is 582. The molecule has 0 fully saturated rings. The molecule has 0 radical (unpaired) electrons. The Morgan fingerprint density at radius 1 is 1.06 bits per heavy atom. The van der Waals surface area contributed by atoms with E-state index < -0.39 is 5.69 Å². The summed E-state index contributed by atoms with van der Waals surface area (Å²) in [6, 6.07) is 8.40. The topological polar surface area (TPSA) is 75.1 Å². The first-order chi connectivity index (χ1) is 8.20. The van der Waals surface area contributed by atoms with Crippen LogP contribution in [0.3, 0.4) is 0 Å². The predicted molar refractivity (Wildman–Crippen MR) is 62.8 cm³/mol. The average Bonchev–Trinajstić information content (AvgIpc) is 2.35. The molecule has 0 bridgehead atoms. The van der Waals surface area contributed by atoms with Crippen molar-refractivity contribution in [3.8, 4) is 0 Å². The van der Waals surface area contributed by atoms with Crippen molar-refractivity contribution in [2.24, 2.45) is 0 Å². The first-order valence-electron chi connectivity index (χ1n) is 5.18. The first kappa shape index (κ1) is 11.3. The van der Waals surface area contributed by atoms with Crippen LogP contribution in [0.25, 0.3) is 0 Å². The summed E-state index contributed by atoms with van der Waals surface area (Å²) in [5.74, 6) is 0. The molecule has 0 aliphatic heterocycles. The molecule has 5 nitrogen and oxygen atoms in total. The van der Waals surface area contributed by atoms with Crippen LogP contribution in [0.2, 0.25) is 0 Å². The maximum absolute atomic E-state index is 11.5. The SMILES string of the molecule is O=c1cc[nH]c(=O)n1Cc1ccc(CO)cc1. The lowest BCUT2D eigenvalue weighted by Crippen LogP contribution is -2.34. The van der Waals surface area contributed by atoms with Gasteiger partial charge < -0.3 is 10.1 Å². The molecule has 5 heteroatoms. The Balaban J connectivity index is 2.32. The van der Waals surface area contributed by atoms with Gasteiger partial charge in [-0.15, -0.1) is 0 Å². The standard InChI is InChI=1S/C12H12N2O3/c15-8-10-3-1-9(2-4-10)7-14-11(16)5-6-13-12(14)17/h1-6,15H,7-8H2,(H,13,17). The fourth-order valence-corrected chi connectivity index (χ4v) is 1.53. The van der Waals surface area contributed by atoms with Crippen LogP contribution in [0.4, 0.5) is 0 Å². The molecule has 1 aromatic heterocycles. The van der Waals surface area contributed by atoms with Crippen LogP contribution < -0.4 is 11.2 Å². The van der Waals surface area contributed by atoms with E-state index in [0.29, 0.717) is 0 Å². The second-order valence-electron chi connectivity index (χ2n) is 3.68. The smallest absolute Gasteiger partial charge is 0.328 e. The molecule has 0 unspecified atom stereocenters. The molecule has 0 spiro atoms. The summed E-state index contributed by atoms with van der Waals surface area (Å²) in [5, 5.41) is 8.90. The lowest BCUT2D eigenvalue weighted by atomic mass is 10.1. The molecule has 2 aromatic rings. The van der Waals surface area contributed by atoms with E-state index in [1.807, 2.05) is 0 Å². The minimum atomic E-state index is -0.427. The molecule has 17 heavy (non-hydrogen) atoms. The van der Waals surface area contributed by atoms with Crippen molar-refractivity contribution >= 4 is 0 Å². The maximum atomic E-state index is 11.5. The fourth-order valence-electron chi connectivity index (χ4n) is 1.53. The van der Waals surface area contributed by atoms with Crippen LogP contribution in [0, 0.1) is 0 Å². The number of nitrogens with one attached hydrogen (secondary N) is 1. The molecule has 2 rings (SSSR count). The van der Waals surface area contributed by atoms with E-state index >= 15 is 0 Å². The Morgan fingerprint density at radius 2 is 1.71 bits per heavy atom. The predicted octanol–water partition coefficient (Wildman–Crippen LogP) is 0.0772. The van der Waals surface area contributed by atoms with E-state index in [0.717, 1.165) is 15.7 Å². The van der Waals surface area contributed by atoms with Gasteiger partial charge in [0.2, 0.25) is 0 Å². The quantitative estimate of drug-likeness (QED) is 0.786. The highest BCUT2D eigenvalue weighted by atomic mass is 16.3. The van der Waals surface area contributed by atoms with Gasteiger partial charge in [-0.3, -0.25) is 9.36 Å². The molecule has 0 saturated carbocycles. The number of rotatable bonds is 3. The van der Waals surface area contributed by atoms with Crippen molar-refractivity contribution in [3.05, 3.63) is 68.5 Å². The second kappa shape index (κ2) is 4.80. The lowest BCUT2D eigenvalue weighted by molar-refractivity contribution is 0.282. The highest BCUT2D eigenvalue weighted by Crippen LogP contribution is 2.04. The second-order valence-corrected chi connectivity index (χ2v) is 3.68. The molecule has 2 N–H and O–H groups in total. The van der Waals surface area contributed by atoms with Gasteiger partial charge in [0.25, 0.3) is 5.56 Å². The Morgan fingerprint density at radius 3 is 2.29 bits per heavy atom. The summed E-state index contributed by atoms with van der Waals surface area (Å²) in [6.45, 7) is 0.201. The molecule has 1 heterocycles. The monoisotopic (exact) mass is 232 g/mol. The highest BCUT2D eigenvalue weighted by molar-refractivity contribution is 5.22. The zero-order valence-corrected chi connectivity index (χ0v) is 9.09. The van der Waals surface area contributed by atoms with E-state index in [-0.39, 0.29) is 18.7 Å². The van der Waals surface area contributed by atoms with Crippen LogP contribution in [0.1, 0.15) is 11.1 Å². The Hall–Kier alpha value is -2.14. The molecule has 0 aliphatic rings. The average molecular weight is 232 g/mol. The van der Waals surface area contributed by atoms with Crippen molar-refractivity contribution in [2.45, 2.75) is 13.2 Å². The minimum Gasteiger partial charge on any atom is -0.392 e. The molecule has 0 aliphatic carbocycles. The number of hydrogen-bond donors (Lipinski definition) is 2. The number of benzene rings is 1. The van der Waals surface area contributed by atoms with Gasteiger partial charge in [0.1, 0.15) is 0 Å². The lowest BCUT2D eigenvalue weighted by Gasteiger charge is -2.04. The molecular weight excluding hydrogens is 220 g/mol. The normalized spacial score (nSPS) is 10.4. The fraction of sp³-hybridized carbons (Fsp3) is 0.167. The van der Waals surface area contributed by atoms with Crippen molar-refractivity contribution in [3.63, 3.8) is 0 Å². The third kappa shape index (κ3) is 2.51. The molecule has 88 valence electrons. The number of H-pyrrole nitrogens is 1. The molecular formula is C12H12N2O3. The summed E-state index contributed by atoms with van der Waals surface area (Å²) in [7, 11) is 0. The maximum Gasteiger partial charge on any atom is 0.328 e. The van der Waals surface area contributed by atoms with Gasteiger partial charge in [-0.1, -0.05) is 24.3 Å². The number of aliphatic hydroxyl groups excluding tert-OH is 1. The largest absolute Gasteiger partial charge is 0.392 e. The van der Waals surface area contributed by atoms with Crippen LogP contribution in [0.15, 0.2) is 46.1 Å². The Labute approximate surface area is 97.0 Å². The van der Waals surface area contributed by atoms with Crippen molar-refractivity contribution in [2.75, 3.05) is 0 Å². The first-order valence-corrected chi connectivity index (χ1v) is 5.18. The van der Waals surface area contributed by atoms with Crippen LogP contribution >= 0.6 is 0 Å². The van der Waals surface area contributed by atoms with E-state index in [2.05, 4.69) is 4.98 Å². The Kier molecular flexibility index (Phi) is 3.20. The summed E-state index contributed by atoms with van der Waals surface area (Å²) in [6.07, 6.45) is 1.33. The van der Waals surface area contributed by atoms with E-state index in [1.165, 1.54) is 12.3 Å². The van der Waals surface area contributed by atoms with Crippen molar-refractivity contribution < 1.29 is 5.11 Å². The van der Waals surface area contributed by atoms with Gasteiger partial charge in [0.15, 0.2) is 0 Å². The van der Waals surface area contributed by atoms with Gasteiger partial charge in [-0.05, 0) is 11.1 Å². The summed E-state index contributed by atoms with van der Waals surface area (Å²) >= 11 is 0. The number of aromatic nitrogens is 2. The van der Waals surface area contributed by atoms with Crippen molar-refractivity contribution in [1.82, 2.24) is 9.55 Å². The number of aliphatic hydroxyl groups is 1. The number of hydrogen-bond acceptors (Lipinski definition) is 3. The van der Waals surface area contributed by atoms with Crippen molar-refractivity contribution in [1.29, 1.82) is 0 Å². The molecule has 0 atom stereocenters. The minimum absolute atomic E-state index is 0.0217. The zero-order valence-electron chi connectivity index (χ0n) is 9.09. The zero-order chi connectivity index (χ0) is 12.3. The van der Waals surface area contributed by atoms with Gasteiger partial charge in [0.05, 0.1) is 13.2 Å². The number of aromatic amines is 1. The van der Waals surface area contributed by atoms with Crippen LogP contribution in [-0.4, -0.2) is 14.7 Å². The third-order valence-corrected chi connectivity index (χ3v) is 2.49. The number of nitrogens with zero attached hydrogens (tertiary/aromatic N) is 1. The third-order valence-electron chi connectivity index (χ3n) is 2.49. The van der Waals surface area contributed by atoms with Gasteiger partial charge in [-0.2, -0.15) is 0 Å². The summed E-state index contributed by atoms with van der Waals surface area (Å²) in [4.78, 5) is 25.4. The molecule has 0 saturated heterocycles. The van der Waals surface area contributed by atoms with Gasteiger partial charge >= 0.3 is 5.69 Å². The van der Waals surface area contributed by atoms with E-state index in [1.54, 1.807) is 24.3 Å². The van der Waals surface area contributed by atoms with Crippen LogP contribution in [-0.2, 0) is 13.2 Å². The van der Waals surface area contributed by atoms with Gasteiger partial charge in [0, 0.05) is 12.3 Å². The summed E-state index contributed by atoms with van der Waals surface area (Å²) < 4.78 is 1.12. The summed E-state index contributed by atoms with van der Waals surface area (Å²) in [5.41, 5.74) is 0.868. The van der Waals surface area contributed by atoms with E-state index in [4.69, 9.17) is 5.11 Å². The van der Waals surface area contributed by atoms with Crippen LogP contribution in [0.5, 0.6) is 0 Å². The van der Waals surface area contributed by atoms with E-state index in [9.17, 15) is 9.59 Å². The molecule has 1 aromatic carbocycles. The van der Waals surface area contributed by atoms with Gasteiger partial charge in [-0.25, -0.2) is 4.79 Å². The molecule has 0 amide bonds. The highest BCUT2D eigenvalue weighted by Gasteiger charge is 2.01.